The van der Waals surface area contributed by atoms with Crippen LogP contribution in [-0.4, -0.2) is 38.2 Å². The Morgan fingerprint density at radius 3 is 2.84 bits per heavy atom. The van der Waals surface area contributed by atoms with Crippen LogP contribution in [0.5, 0.6) is 0 Å². The topological polar surface area (TPSA) is 72.3 Å². The van der Waals surface area contributed by atoms with Crippen LogP contribution in [0, 0.1) is 3.57 Å². The van der Waals surface area contributed by atoms with E-state index in [-0.39, 0.29) is 5.54 Å². The summed E-state index contributed by atoms with van der Waals surface area (Å²) < 4.78 is 2.97. The van der Waals surface area contributed by atoms with E-state index in [9.17, 15) is 0 Å². The van der Waals surface area contributed by atoms with E-state index in [4.69, 9.17) is 5.73 Å². The van der Waals surface area contributed by atoms with Gasteiger partial charge < -0.3 is 10.6 Å². The van der Waals surface area contributed by atoms with Gasteiger partial charge in [0.05, 0.1) is 3.57 Å². The van der Waals surface area contributed by atoms with E-state index >= 15 is 0 Å². The Balaban J connectivity index is 1.90. The molecule has 3 rings (SSSR count). The second-order valence-corrected chi connectivity index (χ2v) is 6.30. The normalized spacial score (nSPS) is 19.0. The smallest absolute Gasteiger partial charge is 0.212 e. The summed E-state index contributed by atoms with van der Waals surface area (Å²) in [6, 6.07) is 0. The fourth-order valence-corrected chi connectivity index (χ4v) is 3.03. The lowest BCUT2D eigenvalue weighted by Crippen LogP contribution is -2.50. The highest BCUT2D eigenvalue weighted by atomic mass is 127. The molecule has 0 spiro atoms. The molecular formula is C12H17IN6. The molecule has 6 nitrogen and oxygen atoms in total. The quantitative estimate of drug-likeness (QED) is 0.808. The van der Waals surface area contributed by atoms with Gasteiger partial charge in [0.15, 0.2) is 5.65 Å². The maximum Gasteiger partial charge on any atom is 0.212 e. The fourth-order valence-electron chi connectivity index (χ4n) is 2.52. The molecule has 102 valence electrons. The first kappa shape index (κ1) is 13.0. The Labute approximate surface area is 125 Å². The molecule has 0 atom stereocenters. The Hall–Kier alpha value is -0.960. The molecule has 2 aromatic heterocycles. The second kappa shape index (κ2) is 4.86. The summed E-state index contributed by atoms with van der Waals surface area (Å²) in [7, 11) is 0. The molecule has 0 amide bonds. The number of fused-ring (bicyclic) bond motifs is 1. The van der Waals surface area contributed by atoms with Gasteiger partial charge in [-0.1, -0.05) is 6.92 Å². The van der Waals surface area contributed by atoms with Gasteiger partial charge >= 0.3 is 0 Å². The van der Waals surface area contributed by atoms with E-state index < -0.39 is 0 Å². The monoisotopic (exact) mass is 372 g/mol. The van der Waals surface area contributed by atoms with Crippen molar-refractivity contribution in [2.75, 3.05) is 18.0 Å². The van der Waals surface area contributed by atoms with Crippen molar-refractivity contribution in [3.8, 4) is 0 Å². The van der Waals surface area contributed by atoms with Crippen LogP contribution in [0.4, 0.5) is 5.95 Å². The molecule has 2 N–H and O–H groups in total. The SMILES string of the molecule is CCC1(N)CCN(c2ncc(I)c3nncn23)CC1. The summed E-state index contributed by atoms with van der Waals surface area (Å²) in [6.07, 6.45) is 6.61. The van der Waals surface area contributed by atoms with Crippen LogP contribution in [0.1, 0.15) is 26.2 Å². The highest BCUT2D eigenvalue weighted by Crippen LogP contribution is 2.26. The summed E-state index contributed by atoms with van der Waals surface area (Å²) >= 11 is 2.23. The largest absolute Gasteiger partial charge is 0.342 e. The molecular weight excluding hydrogens is 355 g/mol. The average molecular weight is 372 g/mol. The number of hydrogen-bond donors (Lipinski definition) is 1. The van der Waals surface area contributed by atoms with E-state index in [0.29, 0.717) is 0 Å². The average Bonchev–Trinajstić information content (AvgIpc) is 2.91. The van der Waals surface area contributed by atoms with Crippen molar-refractivity contribution in [1.82, 2.24) is 19.6 Å². The van der Waals surface area contributed by atoms with Gasteiger partial charge in [0.25, 0.3) is 0 Å². The maximum absolute atomic E-state index is 6.34. The fraction of sp³-hybridized carbons (Fsp3) is 0.583. The van der Waals surface area contributed by atoms with Crippen molar-refractivity contribution in [2.24, 2.45) is 5.73 Å². The Kier molecular flexibility index (Phi) is 3.34. The number of piperidine rings is 1. The molecule has 3 heterocycles. The first-order valence-corrected chi connectivity index (χ1v) is 7.59. The maximum atomic E-state index is 6.34. The minimum absolute atomic E-state index is 0.00793. The third-order valence-corrected chi connectivity index (χ3v) is 4.78. The van der Waals surface area contributed by atoms with Crippen LogP contribution in [0.25, 0.3) is 5.65 Å². The van der Waals surface area contributed by atoms with E-state index in [2.05, 4.69) is 49.6 Å². The number of hydrogen-bond acceptors (Lipinski definition) is 5. The van der Waals surface area contributed by atoms with Gasteiger partial charge in [0.2, 0.25) is 5.95 Å². The van der Waals surface area contributed by atoms with E-state index in [1.807, 2.05) is 10.6 Å². The number of aromatic nitrogens is 4. The zero-order valence-corrected chi connectivity index (χ0v) is 13.0. The summed E-state index contributed by atoms with van der Waals surface area (Å²) in [5.74, 6) is 0.915. The molecule has 0 aliphatic carbocycles. The van der Waals surface area contributed by atoms with Gasteiger partial charge in [-0.2, -0.15) is 0 Å². The van der Waals surface area contributed by atoms with Gasteiger partial charge in [-0.25, -0.2) is 4.98 Å². The first-order valence-electron chi connectivity index (χ1n) is 6.51. The zero-order chi connectivity index (χ0) is 13.5. The van der Waals surface area contributed by atoms with Crippen molar-refractivity contribution >= 4 is 34.2 Å². The number of nitrogens with zero attached hydrogens (tertiary/aromatic N) is 5. The van der Waals surface area contributed by atoms with Crippen LogP contribution < -0.4 is 10.6 Å². The van der Waals surface area contributed by atoms with Crippen molar-refractivity contribution < 1.29 is 0 Å². The van der Waals surface area contributed by atoms with Crippen molar-refractivity contribution in [3.63, 3.8) is 0 Å². The molecule has 0 bridgehead atoms. The van der Waals surface area contributed by atoms with Crippen molar-refractivity contribution in [1.29, 1.82) is 0 Å². The number of halogens is 1. The minimum Gasteiger partial charge on any atom is -0.342 e. The second-order valence-electron chi connectivity index (χ2n) is 5.13. The molecule has 0 radical (unpaired) electrons. The Morgan fingerprint density at radius 1 is 1.42 bits per heavy atom. The standard InChI is InChI=1S/C12H17IN6/c1-2-12(14)3-5-18(6-4-12)11-15-7-9(13)10-17-16-8-19(10)11/h7-8H,2-6,14H2,1H3. The van der Waals surface area contributed by atoms with E-state index in [1.54, 1.807) is 6.33 Å². The van der Waals surface area contributed by atoms with E-state index in [0.717, 1.165) is 47.5 Å². The molecule has 1 fully saturated rings. The zero-order valence-electron chi connectivity index (χ0n) is 10.9. The van der Waals surface area contributed by atoms with Gasteiger partial charge in [-0.3, -0.25) is 4.40 Å². The van der Waals surface area contributed by atoms with Crippen LogP contribution >= 0.6 is 22.6 Å². The summed E-state index contributed by atoms with van der Waals surface area (Å²) in [5.41, 5.74) is 7.19. The van der Waals surface area contributed by atoms with Crippen molar-refractivity contribution in [3.05, 3.63) is 16.1 Å². The van der Waals surface area contributed by atoms with Crippen molar-refractivity contribution in [2.45, 2.75) is 31.7 Å². The summed E-state index contributed by atoms with van der Waals surface area (Å²) in [5, 5.41) is 8.11. The molecule has 0 saturated carbocycles. The van der Waals surface area contributed by atoms with Crippen LogP contribution in [0.15, 0.2) is 12.5 Å². The lowest BCUT2D eigenvalue weighted by atomic mass is 9.86. The van der Waals surface area contributed by atoms with Gasteiger partial charge in [-0.05, 0) is 41.9 Å². The van der Waals surface area contributed by atoms with Crippen LogP contribution in [0.2, 0.25) is 0 Å². The highest BCUT2D eigenvalue weighted by molar-refractivity contribution is 14.1. The molecule has 2 aromatic rings. The molecule has 0 unspecified atom stereocenters. The number of rotatable bonds is 2. The van der Waals surface area contributed by atoms with E-state index in [1.165, 1.54) is 0 Å². The molecule has 19 heavy (non-hydrogen) atoms. The first-order chi connectivity index (χ1) is 9.13. The lowest BCUT2D eigenvalue weighted by Gasteiger charge is -2.39. The predicted octanol–water partition coefficient (Wildman–Crippen LogP) is 1.44. The summed E-state index contributed by atoms with van der Waals surface area (Å²) in [4.78, 5) is 6.81. The minimum atomic E-state index is -0.00793. The highest BCUT2D eigenvalue weighted by Gasteiger charge is 2.30. The lowest BCUT2D eigenvalue weighted by molar-refractivity contribution is 0.321. The summed E-state index contributed by atoms with van der Waals surface area (Å²) in [6.45, 7) is 4.03. The molecule has 1 aliphatic heterocycles. The van der Waals surface area contributed by atoms with Crippen LogP contribution in [-0.2, 0) is 0 Å². The van der Waals surface area contributed by atoms with Gasteiger partial charge in [0, 0.05) is 24.8 Å². The molecule has 1 saturated heterocycles. The molecule has 7 heteroatoms. The molecule has 1 aliphatic rings. The number of anilines is 1. The predicted molar refractivity (Wildman–Crippen MR) is 82.2 cm³/mol. The third kappa shape index (κ3) is 2.29. The Bertz CT molecular complexity index is 587. The molecule has 0 aromatic carbocycles. The van der Waals surface area contributed by atoms with Gasteiger partial charge in [0.1, 0.15) is 6.33 Å². The number of nitrogens with two attached hydrogens (primary N) is 1. The van der Waals surface area contributed by atoms with Gasteiger partial charge in [-0.15, -0.1) is 10.2 Å². The Morgan fingerprint density at radius 2 is 2.16 bits per heavy atom. The third-order valence-electron chi connectivity index (χ3n) is 4.02. The van der Waals surface area contributed by atoms with Crippen LogP contribution in [0.3, 0.4) is 0 Å².